The number of halogens is 1. The van der Waals surface area contributed by atoms with Gasteiger partial charge in [-0.3, -0.25) is 9.59 Å². The minimum atomic E-state index is -0.127. The SMILES string of the molecule is CCCNC(=O)c1cccc(NC(=O)CC2CNCCO2)c1.Cl. The van der Waals surface area contributed by atoms with E-state index in [9.17, 15) is 9.59 Å². The first kappa shape index (κ1) is 19.4. The largest absolute Gasteiger partial charge is 0.375 e. The third-order valence-corrected chi connectivity index (χ3v) is 3.36. The second kappa shape index (κ2) is 10.2. The number of anilines is 1. The number of carbonyl (C=O) groups is 2. The molecule has 3 N–H and O–H groups in total. The Morgan fingerprint density at radius 2 is 2.22 bits per heavy atom. The summed E-state index contributed by atoms with van der Waals surface area (Å²) < 4.78 is 5.51. The third kappa shape index (κ3) is 6.56. The maximum Gasteiger partial charge on any atom is 0.251 e. The van der Waals surface area contributed by atoms with Gasteiger partial charge >= 0.3 is 0 Å². The molecule has 128 valence electrons. The van der Waals surface area contributed by atoms with Crippen LogP contribution in [-0.2, 0) is 9.53 Å². The molecule has 0 saturated carbocycles. The van der Waals surface area contributed by atoms with Crippen LogP contribution in [-0.4, -0.2) is 44.2 Å². The molecule has 7 heteroatoms. The maximum absolute atomic E-state index is 12.0. The van der Waals surface area contributed by atoms with Crippen LogP contribution in [0.15, 0.2) is 24.3 Å². The van der Waals surface area contributed by atoms with Gasteiger partial charge in [-0.25, -0.2) is 0 Å². The van der Waals surface area contributed by atoms with E-state index < -0.39 is 0 Å². The van der Waals surface area contributed by atoms with Crippen LogP contribution < -0.4 is 16.0 Å². The molecule has 0 spiro atoms. The van der Waals surface area contributed by atoms with Gasteiger partial charge in [0.15, 0.2) is 0 Å². The van der Waals surface area contributed by atoms with Crippen molar-refractivity contribution in [2.45, 2.75) is 25.9 Å². The van der Waals surface area contributed by atoms with E-state index in [4.69, 9.17) is 4.74 Å². The van der Waals surface area contributed by atoms with Crippen molar-refractivity contribution in [3.63, 3.8) is 0 Å². The van der Waals surface area contributed by atoms with Crippen LogP contribution in [0, 0.1) is 0 Å². The van der Waals surface area contributed by atoms with Gasteiger partial charge in [-0.15, -0.1) is 12.4 Å². The highest BCUT2D eigenvalue weighted by atomic mass is 35.5. The predicted molar refractivity (Wildman–Crippen MR) is 92.2 cm³/mol. The Hall–Kier alpha value is -1.63. The molecule has 6 nitrogen and oxygen atoms in total. The highest BCUT2D eigenvalue weighted by Crippen LogP contribution is 2.12. The number of ether oxygens (including phenoxy) is 1. The lowest BCUT2D eigenvalue weighted by atomic mass is 10.1. The number of morpholine rings is 1. The molecule has 2 rings (SSSR count). The molecule has 1 heterocycles. The highest BCUT2D eigenvalue weighted by molar-refractivity contribution is 5.97. The molecule has 0 bridgehead atoms. The number of hydrogen-bond acceptors (Lipinski definition) is 4. The van der Waals surface area contributed by atoms with E-state index in [1.807, 2.05) is 6.92 Å². The van der Waals surface area contributed by atoms with Gasteiger partial charge in [0.1, 0.15) is 0 Å². The third-order valence-electron chi connectivity index (χ3n) is 3.36. The van der Waals surface area contributed by atoms with Crippen molar-refractivity contribution in [1.29, 1.82) is 0 Å². The number of benzene rings is 1. The van der Waals surface area contributed by atoms with Gasteiger partial charge < -0.3 is 20.7 Å². The van der Waals surface area contributed by atoms with E-state index in [0.717, 1.165) is 13.0 Å². The number of nitrogens with one attached hydrogen (secondary N) is 3. The van der Waals surface area contributed by atoms with E-state index in [1.165, 1.54) is 0 Å². The van der Waals surface area contributed by atoms with Crippen LogP contribution in [0.2, 0.25) is 0 Å². The van der Waals surface area contributed by atoms with Gasteiger partial charge in [0, 0.05) is 30.9 Å². The van der Waals surface area contributed by atoms with Crippen LogP contribution in [0.1, 0.15) is 30.1 Å². The molecule has 1 aromatic rings. The van der Waals surface area contributed by atoms with Crippen molar-refractivity contribution in [2.75, 3.05) is 31.6 Å². The van der Waals surface area contributed by atoms with E-state index in [0.29, 0.717) is 37.4 Å². The molecule has 1 aliphatic heterocycles. The van der Waals surface area contributed by atoms with Gasteiger partial charge in [-0.2, -0.15) is 0 Å². The first-order chi connectivity index (χ1) is 10.7. The second-order valence-electron chi connectivity index (χ2n) is 5.29. The molecule has 2 amide bonds. The monoisotopic (exact) mass is 341 g/mol. The second-order valence-corrected chi connectivity index (χ2v) is 5.29. The zero-order valence-corrected chi connectivity index (χ0v) is 14.1. The van der Waals surface area contributed by atoms with Crippen molar-refractivity contribution in [2.24, 2.45) is 0 Å². The molecule has 1 atom stereocenters. The van der Waals surface area contributed by atoms with Crippen LogP contribution in [0.3, 0.4) is 0 Å². The fourth-order valence-electron chi connectivity index (χ4n) is 2.25. The molecule has 23 heavy (non-hydrogen) atoms. The Morgan fingerprint density at radius 3 is 2.91 bits per heavy atom. The fourth-order valence-corrected chi connectivity index (χ4v) is 2.25. The smallest absolute Gasteiger partial charge is 0.251 e. The zero-order valence-electron chi connectivity index (χ0n) is 13.3. The van der Waals surface area contributed by atoms with Crippen molar-refractivity contribution in [3.05, 3.63) is 29.8 Å². The van der Waals surface area contributed by atoms with Gasteiger partial charge in [-0.05, 0) is 24.6 Å². The summed E-state index contributed by atoms with van der Waals surface area (Å²) in [5.41, 5.74) is 1.17. The molecular weight excluding hydrogens is 318 g/mol. The van der Waals surface area contributed by atoms with Gasteiger partial charge in [0.2, 0.25) is 5.91 Å². The van der Waals surface area contributed by atoms with Crippen LogP contribution >= 0.6 is 12.4 Å². The first-order valence-electron chi connectivity index (χ1n) is 7.69. The van der Waals surface area contributed by atoms with Crippen LogP contribution in [0.5, 0.6) is 0 Å². The minimum absolute atomic E-state index is 0. The van der Waals surface area contributed by atoms with Gasteiger partial charge in [0.25, 0.3) is 5.91 Å². The van der Waals surface area contributed by atoms with E-state index in [1.54, 1.807) is 24.3 Å². The number of rotatable bonds is 6. The summed E-state index contributed by atoms with van der Waals surface area (Å²) in [6.07, 6.45) is 1.10. The minimum Gasteiger partial charge on any atom is -0.375 e. The Kier molecular flexibility index (Phi) is 8.61. The van der Waals surface area contributed by atoms with E-state index in [-0.39, 0.29) is 30.3 Å². The van der Waals surface area contributed by atoms with Gasteiger partial charge in [-0.1, -0.05) is 13.0 Å². The number of hydrogen-bond donors (Lipinski definition) is 3. The summed E-state index contributed by atoms with van der Waals surface area (Å²) in [4.78, 5) is 23.9. The average molecular weight is 342 g/mol. The lowest BCUT2D eigenvalue weighted by Crippen LogP contribution is -2.40. The van der Waals surface area contributed by atoms with Crippen molar-refractivity contribution in [3.8, 4) is 0 Å². The van der Waals surface area contributed by atoms with E-state index >= 15 is 0 Å². The van der Waals surface area contributed by atoms with Crippen LogP contribution in [0.4, 0.5) is 5.69 Å². The molecular formula is C16H24ClN3O3. The Morgan fingerprint density at radius 1 is 1.39 bits per heavy atom. The Balaban J connectivity index is 0.00000264. The summed E-state index contributed by atoms with van der Waals surface area (Å²) in [6.45, 7) is 4.78. The number of carbonyl (C=O) groups excluding carboxylic acids is 2. The van der Waals surface area contributed by atoms with Gasteiger partial charge in [0.05, 0.1) is 19.1 Å². The average Bonchev–Trinajstić information content (AvgIpc) is 2.53. The van der Waals surface area contributed by atoms with Crippen LogP contribution in [0.25, 0.3) is 0 Å². The summed E-state index contributed by atoms with van der Waals surface area (Å²) >= 11 is 0. The highest BCUT2D eigenvalue weighted by Gasteiger charge is 2.17. The topological polar surface area (TPSA) is 79.5 Å². The van der Waals surface area contributed by atoms with E-state index in [2.05, 4.69) is 16.0 Å². The van der Waals surface area contributed by atoms with Crippen molar-refractivity contribution < 1.29 is 14.3 Å². The predicted octanol–water partition coefficient (Wildman–Crippen LogP) is 1.57. The summed E-state index contributed by atoms with van der Waals surface area (Å²) in [7, 11) is 0. The molecule has 1 fully saturated rings. The first-order valence-corrected chi connectivity index (χ1v) is 7.69. The normalized spacial score (nSPS) is 17.0. The molecule has 0 aromatic heterocycles. The van der Waals surface area contributed by atoms with Crippen molar-refractivity contribution >= 4 is 29.9 Å². The lowest BCUT2D eigenvalue weighted by molar-refractivity contribution is -0.119. The standard InChI is InChI=1S/C16H23N3O3.ClH/c1-2-6-18-16(21)12-4-3-5-13(9-12)19-15(20)10-14-11-17-7-8-22-14;/h3-5,9,14,17H,2,6-8,10-11H2,1H3,(H,18,21)(H,19,20);1H. The Labute approximate surface area is 142 Å². The Bertz CT molecular complexity index is 519. The van der Waals surface area contributed by atoms with Crippen molar-refractivity contribution in [1.82, 2.24) is 10.6 Å². The quantitative estimate of drug-likeness (QED) is 0.733. The molecule has 1 unspecified atom stereocenters. The molecule has 1 saturated heterocycles. The number of amides is 2. The summed E-state index contributed by atoms with van der Waals surface area (Å²) in [5, 5.41) is 8.82. The molecule has 1 aliphatic rings. The molecule has 1 aromatic carbocycles. The molecule has 0 radical (unpaired) electrons. The zero-order chi connectivity index (χ0) is 15.8. The molecule has 0 aliphatic carbocycles. The fraction of sp³-hybridized carbons (Fsp3) is 0.500. The summed E-state index contributed by atoms with van der Waals surface area (Å²) in [5.74, 6) is -0.238. The lowest BCUT2D eigenvalue weighted by Gasteiger charge is -2.23. The summed E-state index contributed by atoms with van der Waals surface area (Å²) in [6, 6.07) is 6.95. The maximum atomic E-state index is 12.0.